The summed E-state index contributed by atoms with van der Waals surface area (Å²) in [4.78, 5) is 4.52. The molecule has 0 atom stereocenters. The average Bonchev–Trinajstić information content (AvgIpc) is 2.88. The number of anilines is 1. The maximum Gasteiger partial charge on any atom is 0.137 e. The maximum absolute atomic E-state index is 8.84. The summed E-state index contributed by atoms with van der Waals surface area (Å²) in [6.45, 7) is 0.631. The molecule has 3 aromatic rings. The number of rotatable bonds is 3. The number of halogens is 1. The highest BCUT2D eigenvalue weighted by atomic mass is 79.9. The fourth-order valence-corrected chi connectivity index (χ4v) is 2.51. The van der Waals surface area contributed by atoms with Crippen LogP contribution in [0.4, 0.5) is 5.69 Å². The number of nitrogens with one attached hydrogen (secondary N) is 1. The third-order valence-corrected chi connectivity index (χ3v) is 3.63. The van der Waals surface area contributed by atoms with Crippen LogP contribution in [-0.2, 0) is 6.54 Å². The van der Waals surface area contributed by atoms with Crippen LogP contribution >= 0.6 is 15.9 Å². The zero-order valence-electron chi connectivity index (χ0n) is 10.5. The van der Waals surface area contributed by atoms with E-state index in [1.54, 1.807) is 12.1 Å². The number of benzene rings is 1. The van der Waals surface area contributed by atoms with E-state index < -0.39 is 0 Å². The van der Waals surface area contributed by atoms with E-state index in [2.05, 4.69) is 32.3 Å². The summed E-state index contributed by atoms with van der Waals surface area (Å²) in [6, 6.07) is 13.5. The lowest BCUT2D eigenvalue weighted by Gasteiger charge is -2.06. The predicted molar refractivity (Wildman–Crippen MR) is 81.4 cm³/mol. The first kappa shape index (κ1) is 12.7. The molecule has 0 radical (unpaired) electrons. The smallest absolute Gasteiger partial charge is 0.137 e. The Balaban J connectivity index is 1.77. The van der Waals surface area contributed by atoms with Crippen molar-refractivity contribution in [2.75, 3.05) is 5.32 Å². The molecule has 0 aliphatic carbocycles. The first-order valence-electron chi connectivity index (χ1n) is 6.12. The van der Waals surface area contributed by atoms with Crippen LogP contribution in [0.5, 0.6) is 0 Å². The van der Waals surface area contributed by atoms with Gasteiger partial charge in [-0.05, 0) is 46.3 Å². The summed E-state index contributed by atoms with van der Waals surface area (Å²) >= 11 is 3.46. The highest BCUT2D eigenvalue weighted by Crippen LogP contribution is 2.23. The minimum Gasteiger partial charge on any atom is -0.378 e. The Labute approximate surface area is 124 Å². The summed E-state index contributed by atoms with van der Waals surface area (Å²) in [6.07, 6.45) is 3.98. The van der Waals surface area contributed by atoms with Crippen molar-refractivity contribution in [1.82, 2.24) is 9.38 Å². The van der Waals surface area contributed by atoms with Gasteiger partial charge in [0.05, 0.1) is 23.9 Å². The van der Waals surface area contributed by atoms with Gasteiger partial charge in [0, 0.05) is 22.6 Å². The molecule has 0 aliphatic heterocycles. The molecule has 0 spiro atoms. The number of hydrogen-bond acceptors (Lipinski definition) is 3. The third-order valence-electron chi connectivity index (χ3n) is 2.97. The van der Waals surface area contributed by atoms with Crippen molar-refractivity contribution in [3.8, 4) is 6.07 Å². The molecule has 3 rings (SSSR count). The quantitative estimate of drug-likeness (QED) is 0.800. The van der Waals surface area contributed by atoms with Gasteiger partial charge in [-0.3, -0.25) is 0 Å². The molecule has 20 heavy (non-hydrogen) atoms. The number of pyridine rings is 1. The van der Waals surface area contributed by atoms with Crippen LogP contribution in [0.25, 0.3) is 5.65 Å². The molecule has 2 heterocycles. The molecule has 0 saturated carbocycles. The van der Waals surface area contributed by atoms with Crippen LogP contribution in [0.1, 0.15) is 11.3 Å². The molecule has 1 N–H and O–H groups in total. The van der Waals surface area contributed by atoms with Gasteiger partial charge in [-0.15, -0.1) is 0 Å². The van der Waals surface area contributed by atoms with Crippen molar-refractivity contribution in [3.05, 3.63) is 64.5 Å². The Bertz CT molecular complexity index is 768. The normalized spacial score (nSPS) is 10.4. The number of fused-ring (bicyclic) bond motifs is 1. The van der Waals surface area contributed by atoms with E-state index in [1.165, 1.54) is 0 Å². The van der Waals surface area contributed by atoms with Gasteiger partial charge in [-0.25, -0.2) is 4.98 Å². The molecule has 98 valence electrons. The first-order chi connectivity index (χ1) is 9.76. The molecule has 0 amide bonds. The summed E-state index contributed by atoms with van der Waals surface area (Å²) in [5.74, 6) is 0. The van der Waals surface area contributed by atoms with Gasteiger partial charge in [-0.1, -0.05) is 6.07 Å². The minimum absolute atomic E-state index is 0.631. The van der Waals surface area contributed by atoms with E-state index in [0.717, 1.165) is 21.5 Å². The lowest BCUT2D eigenvalue weighted by atomic mass is 10.2. The highest BCUT2D eigenvalue weighted by Gasteiger charge is 2.04. The van der Waals surface area contributed by atoms with E-state index in [-0.39, 0.29) is 0 Å². The van der Waals surface area contributed by atoms with Gasteiger partial charge in [0.1, 0.15) is 5.65 Å². The Morgan fingerprint density at radius 1 is 1.30 bits per heavy atom. The molecule has 0 saturated heterocycles. The standard InChI is InChI=1S/C15H11BrN4/c16-13-7-11(8-17)4-5-14(13)18-9-12-10-20-6-2-1-3-15(20)19-12/h1-7,10,18H,9H2. The van der Waals surface area contributed by atoms with Crippen LogP contribution in [-0.4, -0.2) is 9.38 Å². The fourth-order valence-electron chi connectivity index (χ4n) is 1.99. The summed E-state index contributed by atoms with van der Waals surface area (Å²) in [7, 11) is 0. The Kier molecular flexibility index (Phi) is 3.40. The molecule has 4 nitrogen and oxygen atoms in total. The van der Waals surface area contributed by atoms with Gasteiger partial charge < -0.3 is 9.72 Å². The average molecular weight is 327 g/mol. The van der Waals surface area contributed by atoms with Crippen molar-refractivity contribution >= 4 is 27.3 Å². The van der Waals surface area contributed by atoms with Crippen molar-refractivity contribution in [1.29, 1.82) is 5.26 Å². The Morgan fingerprint density at radius 3 is 2.95 bits per heavy atom. The minimum atomic E-state index is 0.631. The van der Waals surface area contributed by atoms with Crippen molar-refractivity contribution in [3.63, 3.8) is 0 Å². The van der Waals surface area contributed by atoms with Gasteiger partial charge in [0.25, 0.3) is 0 Å². The van der Waals surface area contributed by atoms with E-state index in [4.69, 9.17) is 5.26 Å². The van der Waals surface area contributed by atoms with Crippen molar-refractivity contribution in [2.45, 2.75) is 6.54 Å². The van der Waals surface area contributed by atoms with E-state index >= 15 is 0 Å². The van der Waals surface area contributed by atoms with Crippen molar-refractivity contribution in [2.24, 2.45) is 0 Å². The predicted octanol–water partition coefficient (Wildman–Crippen LogP) is 3.58. The van der Waals surface area contributed by atoms with E-state index in [1.807, 2.05) is 41.1 Å². The number of aromatic nitrogens is 2. The topological polar surface area (TPSA) is 53.1 Å². The van der Waals surface area contributed by atoms with Gasteiger partial charge in [-0.2, -0.15) is 5.26 Å². The van der Waals surface area contributed by atoms with Gasteiger partial charge in [0.15, 0.2) is 0 Å². The van der Waals surface area contributed by atoms with Crippen LogP contribution in [0.3, 0.4) is 0 Å². The monoisotopic (exact) mass is 326 g/mol. The van der Waals surface area contributed by atoms with Crippen LogP contribution in [0.2, 0.25) is 0 Å². The molecular weight excluding hydrogens is 316 g/mol. The second-order valence-corrected chi connectivity index (χ2v) is 5.21. The number of hydrogen-bond donors (Lipinski definition) is 1. The number of nitriles is 1. The number of nitrogens with zero attached hydrogens (tertiary/aromatic N) is 3. The maximum atomic E-state index is 8.84. The molecule has 0 unspecified atom stereocenters. The molecule has 0 aliphatic rings. The SMILES string of the molecule is N#Cc1ccc(NCc2cn3ccccc3n2)c(Br)c1. The zero-order chi connectivity index (χ0) is 13.9. The van der Waals surface area contributed by atoms with E-state index in [0.29, 0.717) is 12.1 Å². The highest BCUT2D eigenvalue weighted by molar-refractivity contribution is 9.10. The summed E-state index contributed by atoms with van der Waals surface area (Å²) in [5.41, 5.74) is 3.48. The molecule has 2 aromatic heterocycles. The summed E-state index contributed by atoms with van der Waals surface area (Å²) < 4.78 is 2.87. The lowest BCUT2D eigenvalue weighted by Crippen LogP contribution is -2.00. The first-order valence-corrected chi connectivity index (χ1v) is 6.92. The molecular formula is C15H11BrN4. The molecule has 0 bridgehead atoms. The second-order valence-electron chi connectivity index (χ2n) is 4.36. The number of imidazole rings is 1. The zero-order valence-corrected chi connectivity index (χ0v) is 12.1. The fraction of sp³-hybridized carbons (Fsp3) is 0.0667. The Morgan fingerprint density at radius 2 is 2.20 bits per heavy atom. The third kappa shape index (κ3) is 2.51. The lowest BCUT2D eigenvalue weighted by molar-refractivity contribution is 1.08. The second kappa shape index (κ2) is 5.35. The molecule has 0 fully saturated rings. The van der Waals surface area contributed by atoms with Gasteiger partial charge in [0.2, 0.25) is 0 Å². The van der Waals surface area contributed by atoms with Crippen LogP contribution in [0, 0.1) is 11.3 Å². The van der Waals surface area contributed by atoms with Crippen LogP contribution < -0.4 is 5.32 Å². The van der Waals surface area contributed by atoms with Crippen LogP contribution in [0.15, 0.2) is 53.3 Å². The molecule has 5 heteroatoms. The molecule has 1 aromatic carbocycles. The summed E-state index contributed by atoms with van der Waals surface area (Å²) in [5, 5.41) is 12.1. The van der Waals surface area contributed by atoms with Crippen molar-refractivity contribution < 1.29 is 0 Å². The largest absolute Gasteiger partial charge is 0.378 e. The Hall–Kier alpha value is -2.32. The van der Waals surface area contributed by atoms with Gasteiger partial charge >= 0.3 is 0 Å². The van der Waals surface area contributed by atoms with E-state index in [9.17, 15) is 0 Å².